The predicted molar refractivity (Wildman–Crippen MR) is 64.6 cm³/mol. The molecule has 0 saturated carbocycles. The molecule has 0 radical (unpaired) electrons. The lowest BCUT2D eigenvalue weighted by Crippen LogP contribution is -2.15. The average Bonchev–Trinajstić information content (AvgIpc) is 2.28. The first-order chi connectivity index (χ1) is 7.19. The highest BCUT2D eigenvalue weighted by Crippen LogP contribution is 2.13. The van der Waals surface area contributed by atoms with Crippen LogP contribution in [-0.2, 0) is 4.84 Å². The summed E-state index contributed by atoms with van der Waals surface area (Å²) in [6.45, 7) is 5.07. The summed E-state index contributed by atoms with van der Waals surface area (Å²) in [7, 11) is 3.63. The fourth-order valence-electron chi connectivity index (χ4n) is 1.33. The van der Waals surface area contributed by atoms with E-state index in [1.54, 1.807) is 7.11 Å². The molecule has 0 aromatic heterocycles. The number of oxime groups is 1. The van der Waals surface area contributed by atoms with Crippen LogP contribution in [0.25, 0.3) is 0 Å². The van der Waals surface area contributed by atoms with Crippen molar-refractivity contribution in [2.45, 2.75) is 13.8 Å². The van der Waals surface area contributed by atoms with Crippen LogP contribution < -0.4 is 4.90 Å². The van der Waals surface area contributed by atoms with Crippen LogP contribution in [0, 0.1) is 0 Å². The Morgan fingerprint density at radius 2 is 1.93 bits per heavy atom. The predicted octanol–water partition coefficient (Wildman–Crippen LogP) is 2.51. The molecule has 3 heteroatoms. The highest BCUT2D eigenvalue weighted by Gasteiger charge is 2.00. The summed E-state index contributed by atoms with van der Waals surface area (Å²) in [5.74, 6) is 0. The molecule has 0 saturated heterocycles. The van der Waals surface area contributed by atoms with Gasteiger partial charge >= 0.3 is 0 Å². The van der Waals surface area contributed by atoms with Gasteiger partial charge in [-0.15, -0.1) is 0 Å². The van der Waals surface area contributed by atoms with Gasteiger partial charge in [0.05, 0.1) is 5.71 Å². The fraction of sp³-hybridized carbons (Fsp3) is 0.417. The molecule has 0 aliphatic carbocycles. The minimum Gasteiger partial charge on any atom is -0.399 e. The zero-order chi connectivity index (χ0) is 11.3. The van der Waals surface area contributed by atoms with Crippen LogP contribution in [0.5, 0.6) is 0 Å². The van der Waals surface area contributed by atoms with Gasteiger partial charge in [-0.2, -0.15) is 0 Å². The second-order valence-electron chi connectivity index (χ2n) is 3.42. The van der Waals surface area contributed by atoms with E-state index < -0.39 is 0 Å². The van der Waals surface area contributed by atoms with E-state index in [9.17, 15) is 0 Å². The summed E-state index contributed by atoms with van der Waals surface area (Å²) in [5.41, 5.74) is 3.19. The number of hydrogen-bond acceptors (Lipinski definition) is 3. The number of rotatable bonds is 4. The Kier molecular flexibility index (Phi) is 4.16. The van der Waals surface area contributed by atoms with Crippen LogP contribution in [0.2, 0.25) is 0 Å². The Balaban J connectivity index is 2.85. The molecule has 0 fully saturated rings. The van der Waals surface area contributed by atoms with Crippen molar-refractivity contribution >= 4 is 11.4 Å². The molecule has 1 aromatic rings. The van der Waals surface area contributed by atoms with Crippen molar-refractivity contribution in [2.24, 2.45) is 5.16 Å². The van der Waals surface area contributed by atoms with Crippen molar-refractivity contribution in [3.63, 3.8) is 0 Å². The molecule has 0 amide bonds. The molecule has 0 heterocycles. The van der Waals surface area contributed by atoms with Crippen LogP contribution >= 0.6 is 0 Å². The quantitative estimate of drug-likeness (QED) is 0.558. The highest BCUT2D eigenvalue weighted by atomic mass is 16.6. The number of anilines is 1. The summed E-state index contributed by atoms with van der Waals surface area (Å²) in [6.07, 6.45) is 0. The van der Waals surface area contributed by atoms with Gasteiger partial charge in [-0.1, -0.05) is 17.3 Å². The molecule has 0 aliphatic heterocycles. The first-order valence-corrected chi connectivity index (χ1v) is 5.08. The molecule has 0 aliphatic rings. The first kappa shape index (κ1) is 11.6. The Morgan fingerprint density at radius 1 is 1.33 bits per heavy atom. The highest BCUT2D eigenvalue weighted by molar-refractivity contribution is 5.98. The molecule has 1 aromatic carbocycles. The van der Waals surface area contributed by atoms with Crippen molar-refractivity contribution in [2.75, 3.05) is 25.6 Å². The van der Waals surface area contributed by atoms with Gasteiger partial charge < -0.3 is 9.74 Å². The van der Waals surface area contributed by atoms with Crippen molar-refractivity contribution < 1.29 is 4.84 Å². The number of hydrogen-bond donors (Lipinski definition) is 0. The monoisotopic (exact) mass is 206 g/mol. The third kappa shape index (κ3) is 2.98. The van der Waals surface area contributed by atoms with Crippen LogP contribution in [0.1, 0.15) is 19.4 Å². The zero-order valence-corrected chi connectivity index (χ0v) is 9.82. The second kappa shape index (κ2) is 5.39. The van der Waals surface area contributed by atoms with E-state index in [1.165, 1.54) is 5.69 Å². The lowest BCUT2D eigenvalue weighted by atomic mass is 10.1. The van der Waals surface area contributed by atoms with Gasteiger partial charge in [0.2, 0.25) is 0 Å². The molecule has 0 N–H and O–H groups in total. The maximum atomic E-state index is 4.73. The fourth-order valence-corrected chi connectivity index (χ4v) is 1.33. The first-order valence-electron chi connectivity index (χ1n) is 5.08. The molecule has 15 heavy (non-hydrogen) atoms. The van der Waals surface area contributed by atoms with Crippen molar-refractivity contribution in [3.8, 4) is 0 Å². The van der Waals surface area contributed by atoms with Crippen LogP contribution in [0.3, 0.4) is 0 Å². The lowest BCUT2D eigenvalue weighted by molar-refractivity contribution is 0.213. The van der Waals surface area contributed by atoms with Crippen molar-refractivity contribution in [1.29, 1.82) is 0 Å². The SMILES string of the molecule is CCN(C)c1ccc(/C(C)=N\OC)cc1. The molecular formula is C12H18N2O. The average molecular weight is 206 g/mol. The van der Waals surface area contributed by atoms with E-state index in [2.05, 4.69) is 48.3 Å². The molecule has 82 valence electrons. The summed E-state index contributed by atoms with van der Waals surface area (Å²) < 4.78 is 0. The smallest absolute Gasteiger partial charge is 0.106 e. The van der Waals surface area contributed by atoms with Crippen molar-refractivity contribution in [3.05, 3.63) is 29.8 Å². The Labute approximate surface area is 91.3 Å². The van der Waals surface area contributed by atoms with E-state index in [4.69, 9.17) is 4.84 Å². The van der Waals surface area contributed by atoms with Crippen molar-refractivity contribution in [1.82, 2.24) is 0 Å². The molecule has 0 spiro atoms. The minimum absolute atomic E-state index is 0.892. The van der Waals surface area contributed by atoms with Gasteiger partial charge in [0.15, 0.2) is 0 Å². The van der Waals surface area contributed by atoms with Gasteiger partial charge in [-0.3, -0.25) is 0 Å². The van der Waals surface area contributed by atoms with Crippen LogP contribution in [-0.4, -0.2) is 26.4 Å². The molecule has 1 rings (SSSR count). The lowest BCUT2D eigenvalue weighted by Gasteiger charge is -2.16. The molecule has 0 unspecified atom stereocenters. The number of benzene rings is 1. The van der Waals surface area contributed by atoms with E-state index >= 15 is 0 Å². The van der Waals surface area contributed by atoms with Crippen LogP contribution in [0.15, 0.2) is 29.4 Å². The summed E-state index contributed by atoms with van der Waals surface area (Å²) >= 11 is 0. The topological polar surface area (TPSA) is 24.8 Å². The molecule has 0 bridgehead atoms. The third-order valence-electron chi connectivity index (χ3n) is 2.43. The summed E-state index contributed by atoms with van der Waals surface area (Å²) in [4.78, 5) is 6.92. The van der Waals surface area contributed by atoms with Gasteiger partial charge in [0, 0.05) is 19.3 Å². The van der Waals surface area contributed by atoms with Gasteiger partial charge in [-0.25, -0.2) is 0 Å². The molecule has 0 atom stereocenters. The van der Waals surface area contributed by atoms with E-state index in [1.807, 2.05) is 6.92 Å². The van der Waals surface area contributed by atoms with E-state index in [0.29, 0.717) is 0 Å². The van der Waals surface area contributed by atoms with Gasteiger partial charge in [-0.05, 0) is 31.5 Å². The minimum atomic E-state index is 0.892. The Morgan fingerprint density at radius 3 is 2.40 bits per heavy atom. The Bertz CT molecular complexity index is 330. The summed E-state index contributed by atoms with van der Waals surface area (Å²) in [6, 6.07) is 8.29. The second-order valence-corrected chi connectivity index (χ2v) is 3.42. The largest absolute Gasteiger partial charge is 0.399 e. The molecular weight excluding hydrogens is 188 g/mol. The van der Waals surface area contributed by atoms with E-state index in [-0.39, 0.29) is 0 Å². The number of nitrogens with zero attached hydrogens (tertiary/aromatic N) is 2. The van der Waals surface area contributed by atoms with Crippen LogP contribution in [0.4, 0.5) is 5.69 Å². The maximum absolute atomic E-state index is 4.73. The maximum Gasteiger partial charge on any atom is 0.106 e. The van der Waals surface area contributed by atoms with E-state index in [0.717, 1.165) is 17.8 Å². The van der Waals surface area contributed by atoms with Gasteiger partial charge in [0.25, 0.3) is 0 Å². The standard InChI is InChI=1S/C12H18N2O/c1-5-14(3)12-8-6-11(7-9-12)10(2)13-15-4/h6-9H,5H2,1-4H3/b13-10-. The normalized spacial score (nSPS) is 11.3. The third-order valence-corrected chi connectivity index (χ3v) is 2.43. The zero-order valence-electron chi connectivity index (χ0n) is 9.82. The summed E-state index contributed by atoms with van der Waals surface area (Å²) in [5, 5.41) is 3.89. The molecule has 3 nitrogen and oxygen atoms in total. The Hall–Kier alpha value is -1.51. The van der Waals surface area contributed by atoms with Gasteiger partial charge in [0.1, 0.15) is 7.11 Å².